The van der Waals surface area contributed by atoms with E-state index in [-0.39, 0.29) is 18.4 Å². The lowest BCUT2D eigenvalue weighted by Gasteiger charge is -2.11. The molecule has 2 rings (SSSR count). The molecular weight excluding hydrogens is 265 g/mol. The molecule has 102 valence electrons. The van der Waals surface area contributed by atoms with Crippen molar-refractivity contribution in [1.29, 1.82) is 0 Å². The summed E-state index contributed by atoms with van der Waals surface area (Å²) in [5.74, 6) is 1.54. The molecule has 0 bridgehead atoms. The molecule has 4 heteroatoms. The maximum atomic E-state index is 12.2. The normalized spacial score (nSPS) is 11.5. The highest BCUT2D eigenvalue weighted by molar-refractivity contribution is 5.85. The van der Waals surface area contributed by atoms with Crippen LogP contribution in [0.1, 0.15) is 18.0 Å². The van der Waals surface area contributed by atoms with Gasteiger partial charge in [-0.25, -0.2) is 0 Å². The molecule has 0 aliphatic carbocycles. The molecule has 0 aliphatic rings. The van der Waals surface area contributed by atoms with Crippen molar-refractivity contribution in [2.75, 3.05) is 6.67 Å². The lowest BCUT2D eigenvalue weighted by molar-refractivity contribution is 0.441. The van der Waals surface area contributed by atoms with Crippen LogP contribution in [-0.4, -0.2) is 6.67 Å². The van der Waals surface area contributed by atoms with Gasteiger partial charge in [-0.15, -0.1) is 12.4 Å². The van der Waals surface area contributed by atoms with Gasteiger partial charge in [-0.05, 0) is 36.2 Å². The van der Waals surface area contributed by atoms with Crippen LogP contribution in [0.5, 0.6) is 11.5 Å². The first kappa shape index (κ1) is 15.5. The molecule has 0 heterocycles. The van der Waals surface area contributed by atoms with Gasteiger partial charge in [-0.1, -0.05) is 30.3 Å². The highest BCUT2D eigenvalue weighted by Crippen LogP contribution is 2.23. The summed E-state index contributed by atoms with van der Waals surface area (Å²) in [5, 5.41) is 0. The number of halogens is 2. The fraction of sp³-hybridized carbons (Fsp3) is 0.200. The third-order valence-corrected chi connectivity index (χ3v) is 2.71. The monoisotopic (exact) mass is 281 g/mol. The smallest absolute Gasteiger partial charge is 0.127 e. The first-order valence-electron chi connectivity index (χ1n) is 5.94. The van der Waals surface area contributed by atoms with Crippen LogP contribution < -0.4 is 10.5 Å². The van der Waals surface area contributed by atoms with Crippen LogP contribution in [0.15, 0.2) is 54.6 Å². The van der Waals surface area contributed by atoms with Crippen molar-refractivity contribution in [3.05, 3.63) is 60.2 Å². The SMILES string of the molecule is Cl.N[C@@H](CCF)c1ccc(Oc2ccccc2)cc1. The molecule has 2 nitrogen and oxygen atoms in total. The number of hydrogen-bond donors (Lipinski definition) is 1. The van der Waals surface area contributed by atoms with Crippen LogP contribution in [-0.2, 0) is 0 Å². The molecule has 0 fully saturated rings. The van der Waals surface area contributed by atoms with E-state index >= 15 is 0 Å². The molecule has 0 aliphatic heterocycles. The molecule has 19 heavy (non-hydrogen) atoms. The van der Waals surface area contributed by atoms with E-state index in [1.54, 1.807) is 0 Å². The minimum absolute atomic E-state index is 0. The summed E-state index contributed by atoms with van der Waals surface area (Å²) >= 11 is 0. The van der Waals surface area contributed by atoms with Crippen molar-refractivity contribution in [2.45, 2.75) is 12.5 Å². The fourth-order valence-electron chi connectivity index (χ4n) is 1.69. The molecule has 1 atom stereocenters. The zero-order chi connectivity index (χ0) is 12.8. The van der Waals surface area contributed by atoms with Gasteiger partial charge in [0.25, 0.3) is 0 Å². The number of benzene rings is 2. The van der Waals surface area contributed by atoms with E-state index in [0.29, 0.717) is 6.42 Å². The molecule has 2 aromatic carbocycles. The van der Waals surface area contributed by atoms with Crippen molar-refractivity contribution in [3.8, 4) is 11.5 Å². The quantitative estimate of drug-likeness (QED) is 0.889. The largest absolute Gasteiger partial charge is 0.457 e. The van der Waals surface area contributed by atoms with Crippen molar-refractivity contribution < 1.29 is 9.13 Å². The van der Waals surface area contributed by atoms with Gasteiger partial charge in [-0.3, -0.25) is 4.39 Å². The Labute approximate surface area is 118 Å². The maximum absolute atomic E-state index is 12.2. The molecule has 2 aromatic rings. The van der Waals surface area contributed by atoms with E-state index in [1.807, 2.05) is 54.6 Å². The summed E-state index contributed by atoms with van der Waals surface area (Å²) in [6, 6.07) is 16.7. The Morgan fingerprint density at radius 1 is 0.947 bits per heavy atom. The lowest BCUT2D eigenvalue weighted by Crippen LogP contribution is -2.10. The van der Waals surface area contributed by atoms with Gasteiger partial charge < -0.3 is 10.5 Å². The molecule has 0 unspecified atom stereocenters. The van der Waals surface area contributed by atoms with Gasteiger partial charge in [0.1, 0.15) is 11.5 Å². The number of rotatable bonds is 5. The van der Waals surface area contributed by atoms with E-state index in [2.05, 4.69) is 0 Å². The van der Waals surface area contributed by atoms with Crippen molar-refractivity contribution in [1.82, 2.24) is 0 Å². The zero-order valence-corrected chi connectivity index (χ0v) is 11.3. The van der Waals surface area contributed by atoms with Crippen molar-refractivity contribution >= 4 is 12.4 Å². The topological polar surface area (TPSA) is 35.2 Å². The van der Waals surface area contributed by atoms with Gasteiger partial charge in [0, 0.05) is 6.04 Å². The second-order valence-electron chi connectivity index (χ2n) is 4.07. The van der Waals surface area contributed by atoms with Crippen molar-refractivity contribution in [3.63, 3.8) is 0 Å². The summed E-state index contributed by atoms with van der Waals surface area (Å²) in [7, 11) is 0. The number of para-hydroxylation sites is 1. The Bertz CT molecular complexity index is 475. The summed E-state index contributed by atoms with van der Waals surface area (Å²) in [6.07, 6.45) is 0.346. The second-order valence-corrected chi connectivity index (χ2v) is 4.07. The van der Waals surface area contributed by atoms with E-state index < -0.39 is 6.67 Å². The average Bonchev–Trinajstić information content (AvgIpc) is 2.41. The zero-order valence-electron chi connectivity index (χ0n) is 10.5. The maximum Gasteiger partial charge on any atom is 0.127 e. The third kappa shape index (κ3) is 4.54. The Kier molecular flexibility index (Phi) is 6.33. The molecule has 0 aromatic heterocycles. The molecule has 0 amide bonds. The Balaban J connectivity index is 0.00000180. The number of hydrogen-bond acceptors (Lipinski definition) is 2. The minimum Gasteiger partial charge on any atom is -0.457 e. The first-order valence-corrected chi connectivity index (χ1v) is 5.94. The minimum atomic E-state index is -0.399. The summed E-state index contributed by atoms with van der Waals surface area (Å²) in [5.41, 5.74) is 6.75. The average molecular weight is 282 g/mol. The van der Waals surface area contributed by atoms with Crippen LogP contribution in [0, 0.1) is 0 Å². The predicted molar refractivity (Wildman–Crippen MR) is 77.7 cm³/mol. The van der Waals surface area contributed by atoms with Crippen LogP contribution in [0.2, 0.25) is 0 Å². The van der Waals surface area contributed by atoms with Gasteiger partial charge in [0.2, 0.25) is 0 Å². The van der Waals surface area contributed by atoms with E-state index in [0.717, 1.165) is 17.1 Å². The second kappa shape index (κ2) is 7.77. The van der Waals surface area contributed by atoms with Crippen LogP contribution in [0.4, 0.5) is 4.39 Å². The fourth-order valence-corrected chi connectivity index (χ4v) is 1.69. The lowest BCUT2D eigenvalue weighted by atomic mass is 10.1. The van der Waals surface area contributed by atoms with E-state index in [1.165, 1.54) is 0 Å². The summed E-state index contributed by atoms with van der Waals surface area (Å²) in [6.45, 7) is -0.399. The molecular formula is C15H17ClFNO. The van der Waals surface area contributed by atoms with E-state index in [4.69, 9.17) is 10.5 Å². The first-order chi connectivity index (χ1) is 8.79. The highest BCUT2D eigenvalue weighted by Gasteiger charge is 2.05. The van der Waals surface area contributed by atoms with Crippen LogP contribution in [0.3, 0.4) is 0 Å². The Morgan fingerprint density at radius 2 is 1.53 bits per heavy atom. The van der Waals surface area contributed by atoms with E-state index in [9.17, 15) is 4.39 Å². The number of alkyl halides is 1. The molecule has 2 N–H and O–H groups in total. The standard InChI is InChI=1S/C15H16FNO.ClH/c16-11-10-15(17)12-6-8-14(9-7-12)18-13-4-2-1-3-5-13;/h1-9,15H,10-11,17H2;1H/t15-;/m0./s1. The summed E-state index contributed by atoms with van der Waals surface area (Å²) < 4.78 is 17.8. The highest BCUT2D eigenvalue weighted by atomic mass is 35.5. The van der Waals surface area contributed by atoms with Gasteiger partial charge in [0.05, 0.1) is 6.67 Å². The van der Waals surface area contributed by atoms with Gasteiger partial charge in [-0.2, -0.15) is 0 Å². The van der Waals surface area contributed by atoms with Gasteiger partial charge >= 0.3 is 0 Å². The predicted octanol–water partition coefficient (Wildman–Crippen LogP) is 4.26. The van der Waals surface area contributed by atoms with Crippen molar-refractivity contribution in [2.24, 2.45) is 5.73 Å². The van der Waals surface area contributed by atoms with Crippen LogP contribution >= 0.6 is 12.4 Å². The molecule has 0 saturated heterocycles. The third-order valence-electron chi connectivity index (χ3n) is 2.71. The van der Waals surface area contributed by atoms with Gasteiger partial charge in [0.15, 0.2) is 0 Å². The number of ether oxygens (including phenoxy) is 1. The Morgan fingerprint density at radius 3 is 2.11 bits per heavy atom. The number of nitrogens with two attached hydrogens (primary N) is 1. The Hall–Kier alpha value is -1.58. The summed E-state index contributed by atoms with van der Waals surface area (Å²) in [4.78, 5) is 0. The molecule has 0 spiro atoms. The molecule has 0 radical (unpaired) electrons. The molecule has 0 saturated carbocycles. The van der Waals surface area contributed by atoms with Crippen LogP contribution in [0.25, 0.3) is 0 Å².